The molecule has 4 nitrogen and oxygen atoms in total. The lowest BCUT2D eigenvalue weighted by Gasteiger charge is -2.18. The van der Waals surface area contributed by atoms with Crippen LogP contribution in [0.5, 0.6) is 0 Å². The fourth-order valence-corrected chi connectivity index (χ4v) is 2.13. The average Bonchev–Trinajstić information content (AvgIpc) is 2.55. The van der Waals surface area contributed by atoms with Gasteiger partial charge in [0.05, 0.1) is 19.6 Å². The molecular formula is C18H19NO3. The molecule has 0 saturated carbocycles. The lowest BCUT2D eigenvalue weighted by molar-refractivity contribution is -0.141. The lowest BCUT2D eigenvalue weighted by Crippen LogP contribution is -2.30. The maximum Gasteiger partial charge on any atom is 0.307 e. The van der Waals surface area contributed by atoms with Crippen LogP contribution in [0.15, 0.2) is 54.6 Å². The number of esters is 1. The highest BCUT2D eigenvalue weighted by Gasteiger charge is 2.19. The third-order valence-corrected chi connectivity index (χ3v) is 3.42. The SMILES string of the molecule is COC(=O)C[C@H](NC(=O)c1ccc(C)cc1)c1ccccc1. The van der Waals surface area contributed by atoms with E-state index in [0.29, 0.717) is 5.56 Å². The van der Waals surface area contributed by atoms with Gasteiger partial charge >= 0.3 is 5.97 Å². The quantitative estimate of drug-likeness (QED) is 0.863. The van der Waals surface area contributed by atoms with Gasteiger partial charge in [-0.05, 0) is 24.6 Å². The van der Waals surface area contributed by atoms with Gasteiger partial charge in [0, 0.05) is 5.56 Å². The first-order valence-electron chi connectivity index (χ1n) is 7.09. The smallest absolute Gasteiger partial charge is 0.307 e. The summed E-state index contributed by atoms with van der Waals surface area (Å²) in [7, 11) is 1.34. The summed E-state index contributed by atoms with van der Waals surface area (Å²) >= 11 is 0. The molecule has 0 aromatic heterocycles. The van der Waals surface area contributed by atoms with Gasteiger partial charge in [-0.2, -0.15) is 0 Å². The van der Waals surface area contributed by atoms with Gasteiger partial charge in [-0.15, -0.1) is 0 Å². The van der Waals surface area contributed by atoms with E-state index in [9.17, 15) is 9.59 Å². The van der Waals surface area contributed by atoms with E-state index in [1.807, 2.05) is 49.4 Å². The molecule has 0 aliphatic carbocycles. The highest BCUT2D eigenvalue weighted by Crippen LogP contribution is 2.18. The van der Waals surface area contributed by atoms with E-state index in [1.165, 1.54) is 7.11 Å². The van der Waals surface area contributed by atoms with Crippen LogP contribution in [0.4, 0.5) is 0 Å². The van der Waals surface area contributed by atoms with Crippen LogP contribution in [-0.4, -0.2) is 19.0 Å². The molecule has 0 aliphatic rings. The summed E-state index contributed by atoms with van der Waals surface area (Å²) in [6.45, 7) is 1.96. The Hall–Kier alpha value is -2.62. The predicted molar refractivity (Wildman–Crippen MR) is 84.5 cm³/mol. The number of methoxy groups -OCH3 is 1. The highest BCUT2D eigenvalue weighted by molar-refractivity contribution is 5.94. The van der Waals surface area contributed by atoms with Crippen LogP contribution in [-0.2, 0) is 9.53 Å². The van der Waals surface area contributed by atoms with E-state index in [1.54, 1.807) is 12.1 Å². The molecule has 0 fully saturated rings. The number of nitrogens with one attached hydrogen (secondary N) is 1. The molecule has 0 radical (unpaired) electrons. The summed E-state index contributed by atoms with van der Waals surface area (Å²) in [5.74, 6) is -0.573. The molecule has 2 rings (SSSR count). The maximum absolute atomic E-state index is 12.3. The zero-order chi connectivity index (χ0) is 15.9. The Morgan fingerprint density at radius 1 is 1.05 bits per heavy atom. The number of benzene rings is 2. The molecule has 1 atom stereocenters. The Bertz CT molecular complexity index is 635. The molecule has 0 aliphatic heterocycles. The average molecular weight is 297 g/mol. The first-order chi connectivity index (χ1) is 10.6. The summed E-state index contributed by atoms with van der Waals surface area (Å²) in [5.41, 5.74) is 2.52. The maximum atomic E-state index is 12.3. The Morgan fingerprint density at radius 2 is 1.68 bits per heavy atom. The third-order valence-electron chi connectivity index (χ3n) is 3.42. The molecule has 1 N–H and O–H groups in total. The molecule has 0 heterocycles. The number of amides is 1. The predicted octanol–water partition coefficient (Wildman–Crippen LogP) is 3.03. The lowest BCUT2D eigenvalue weighted by atomic mass is 10.0. The van der Waals surface area contributed by atoms with Gasteiger partial charge in [0.25, 0.3) is 5.91 Å². The molecule has 22 heavy (non-hydrogen) atoms. The van der Waals surface area contributed by atoms with E-state index in [4.69, 9.17) is 4.74 Å². The highest BCUT2D eigenvalue weighted by atomic mass is 16.5. The van der Waals surface area contributed by atoms with Crippen molar-refractivity contribution in [1.82, 2.24) is 5.32 Å². The number of hydrogen-bond donors (Lipinski definition) is 1. The summed E-state index contributed by atoms with van der Waals surface area (Å²) in [6.07, 6.45) is 0.0954. The van der Waals surface area contributed by atoms with Gasteiger partial charge in [0.15, 0.2) is 0 Å². The van der Waals surface area contributed by atoms with Gasteiger partial charge < -0.3 is 10.1 Å². The van der Waals surface area contributed by atoms with Crippen molar-refractivity contribution in [1.29, 1.82) is 0 Å². The molecule has 4 heteroatoms. The normalized spacial score (nSPS) is 11.5. The molecule has 1 amide bonds. The van der Waals surface area contributed by atoms with Crippen LogP contribution < -0.4 is 5.32 Å². The van der Waals surface area contributed by atoms with E-state index in [2.05, 4.69) is 5.32 Å². The number of aryl methyl sites for hydroxylation is 1. The molecule has 0 unspecified atom stereocenters. The van der Waals surface area contributed by atoms with Crippen LogP contribution in [0.25, 0.3) is 0 Å². The molecule has 2 aromatic rings. The van der Waals surface area contributed by atoms with E-state index in [-0.39, 0.29) is 18.3 Å². The Balaban J connectivity index is 2.17. The first kappa shape index (κ1) is 15.8. The summed E-state index contributed by atoms with van der Waals surface area (Å²) < 4.78 is 4.71. The summed E-state index contributed by atoms with van der Waals surface area (Å²) in [6, 6.07) is 16.3. The fourth-order valence-electron chi connectivity index (χ4n) is 2.13. The minimum absolute atomic E-state index is 0.0954. The number of carbonyl (C=O) groups excluding carboxylic acids is 2. The second kappa shape index (κ2) is 7.41. The molecule has 2 aromatic carbocycles. The van der Waals surface area contributed by atoms with Crippen LogP contribution in [0.1, 0.15) is 33.9 Å². The standard InChI is InChI=1S/C18H19NO3/c1-13-8-10-15(11-9-13)18(21)19-16(12-17(20)22-2)14-6-4-3-5-7-14/h3-11,16H,12H2,1-2H3,(H,19,21)/t16-/m0/s1. The Labute approximate surface area is 130 Å². The fraction of sp³-hybridized carbons (Fsp3) is 0.222. The Morgan fingerprint density at radius 3 is 2.27 bits per heavy atom. The zero-order valence-corrected chi connectivity index (χ0v) is 12.7. The molecule has 0 saturated heterocycles. The van der Waals surface area contributed by atoms with Crippen molar-refractivity contribution < 1.29 is 14.3 Å². The zero-order valence-electron chi connectivity index (χ0n) is 12.7. The topological polar surface area (TPSA) is 55.4 Å². The Kier molecular flexibility index (Phi) is 5.31. The van der Waals surface area contributed by atoms with Crippen molar-refractivity contribution in [3.63, 3.8) is 0 Å². The van der Waals surface area contributed by atoms with Crippen molar-refractivity contribution >= 4 is 11.9 Å². The van der Waals surface area contributed by atoms with Gasteiger partial charge in [0.2, 0.25) is 0 Å². The van der Waals surface area contributed by atoms with Crippen LogP contribution in [0.2, 0.25) is 0 Å². The largest absolute Gasteiger partial charge is 0.469 e. The summed E-state index contributed by atoms with van der Waals surface area (Å²) in [5, 5.41) is 2.89. The number of hydrogen-bond acceptors (Lipinski definition) is 3. The number of carbonyl (C=O) groups is 2. The van der Waals surface area contributed by atoms with Crippen LogP contribution in [0.3, 0.4) is 0 Å². The molecular weight excluding hydrogens is 278 g/mol. The van der Waals surface area contributed by atoms with Crippen LogP contribution in [0, 0.1) is 6.92 Å². The number of rotatable bonds is 5. The van der Waals surface area contributed by atoms with Crippen molar-refractivity contribution in [2.45, 2.75) is 19.4 Å². The minimum atomic E-state index is -0.414. The van der Waals surface area contributed by atoms with Crippen molar-refractivity contribution in [3.05, 3.63) is 71.3 Å². The van der Waals surface area contributed by atoms with E-state index < -0.39 is 6.04 Å². The second-order valence-electron chi connectivity index (χ2n) is 5.08. The minimum Gasteiger partial charge on any atom is -0.469 e. The van der Waals surface area contributed by atoms with Crippen molar-refractivity contribution in [3.8, 4) is 0 Å². The van der Waals surface area contributed by atoms with Crippen molar-refractivity contribution in [2.75, 3.05) is 7.11 Å². The van der Waals surface area contributed by atoms with Gasteiger partial charge in [-0.3, -0.25) is 9.59 Å². The van der Waals surface area contributed by atoms with Gasteiger partial charge in [-0.1, -0.05) is 48.0 Å². The van der Waals surface area contributed by atoms with Crippen LogP contribution >= 0.6 is 0 Å². The third kappa shape index (κ3) is 4.19. The summed E-state index contributed by atoms with van der Waals surface area (Å²) in [4.78, 5) is 23.9. The van der Waals surface area contributed by atoms with Crippen molar-refractivity contribution in [2.24, 2.45) is 0 Å². The molecule has 114 valence electrons. The van der Waals surface area contributed by atoms with E-state index >= 15 is 0 Å². The molecule has 0 spiro atoms. The van der Waals surface area contributed by atoms with Gasteiger partial charge in [-0.25, -0.2) is 0 Å². The van der Waals surface area contributed by atoms with Gasteiger partial charge in [0.1, 0.15) is 0 Å². The van der Waals surface area contributed by atoms with E-state index in [0.717, 1.165) is 11.1 Å². The second-order valence-corrected chi connectivity index (χ2v) is 5.08. The monoisotopic (exact) mass is 297 g/mol. The first-order valence-corrected chi connectivity index (χ1v) is 7.09. The molecule has 0 bridgehead atoms. The number of ether oxygens (including phenoxy) is 1.